The van der Waals surface area contributed by atoms with Crippen LogP contribution in [-0.4, -0.2) is 9.13 Å². The van der Waals surface area contributed by atoms with Gasteiger partial charge in [-0.1, -0.05) is 147 Å². The van der Waals surface area contributed by atoms with Gasteiger partial charge in [0.25, 0.3) is 0 Å². The monoisotopic (exact) mass is 823 g/mol. The van der Waals surface area contributed by atoms with Gasteiger partial charge >= 0.3 is 0 Å². The molecule has 0 radical (unpaired) electrons. The quantitative estimate of drug-likeness (QED) is 0.160. The van der Waals surface area contributed by atoms with Crippen LogP contribution in [0.15, 0.2) is 211 Å². The number of fused-ring (bicyclic) bond motifs is 9. The van der Waals surface area contributed by atoms with Crippen LogP contribution in [0.5, 0.6) is 0 Å². The van der Waals surface area contributed by atoms with Gasteiger partial charge in [0.05, 0.1) is 22.2 Å². The average molecular weight is 824 g/mol. The highest BCUT2D eigenvalue weighted by atomic mass is 16.3. The number of anilines is 3. The summed E-state index contributed by atoms with van der Waals surface area (Å²) in [5, 5.41) is 7.33. The van der Waals surface area contributed by atoms with E-state index in [1.165, 1.54) is 104 Å². The van der Waals surface area contributed by atoms with Crippen LogP contribution in [0.25, 0.3) is 93.5 Å². The van der Waals surface area contributed by atoms with E-state index < -0.39 is 0 Å². The summed E-state index contributed by atoms with van der Waals surface area (Å²) in [6.45, 7) is 0. The topological polar surface area (TPSA) is 26.2 Å². The first-order valence-corrected chi connectivity index (χ1v) is 22.8. The van der Waals surface area contributed by atoms with Crippen molar-refractivity contribution in [2.75, 3.05) is 4.90 Å². The lowest BCUT2D eigenvalue weighted by Gasteiger charge is -2.28. The van der Waals surface area contributed by atoms with Crippen LogP contribution in [0.1, 0.15) is 38.1 Å². The number of aromatic nitrogens is 2. The zero-order chi connectivity index (χ0) is 42.1. The SMILES string of the molecule is c1ccc(-c2cccc(-n3c4ccccc4c4ccc(-c5ccc(N(c6ccc7oc8ccccc8c7c6)c6cccc7c6c6ccccc6n7C6CCCCC6)cc5)cc43)c2)cc1. The summed E-state index contributed by atoms with van der Waals surface area (Å²) >= 11 is 0. The van der Waals surface area contributed by atoms with Crippen molar-refractivity contribution in [3.05, 3.63) is 206 Å². The van der Waals surface area contributed by atoms with Crippen LogP contribution >= 0.6 is 0 Å². The van der Waals surface area contributed by atoms with E-state index >= 15 is 0 Å². The van der Waals surface area contributed by atoms with Gasteiger partial charge in [0.1, 0.15) is 11.2 Å². The number of rotatable bonds is 7. The van der Waals surface area contributed by atoms with Crippen molar-refractivity contribution in [1.82, 2.24) is 9.13 Å². The predicted molar refractivity (Wildman–Crippen MR) is 269 cm³/mol. The second-order valence-corrected chi connectivity index (χ2v) is 17.5. The van der Waals surface area contributed by atoms with Gasteiger partial charge < -0.3 is 18.5 Å². The molecule has 0 amide bonds. The van der Waals surface area contributed by atoms with Gasteiger partial charge in [-0.25, -0.2) is 0 Å². The fourth-order valence-corrected chi connectivity index (χ4v) is 10.9. The average Bonchev–Trinajstić information content (AvgIpc) is 4.02. The van der Waals surface area contributed by atoms with Gasteiger partial charge in [-0.3, -0.25) is 0 Å². The Bertz CT molecular complexity index is 3710. The Morgan fingerprint density at radius 2 is 1.02 bits per heavy atom. The standard InChI is InChI=1S/C60H45N3O/c1-3-15-40(16-4-1)42-17-13-20-46(37-42)63-53-24-10-7-21-48(53)49-35-31-43(38-57(49)63)41-29-32-45(33-30-41)61(47-34-36-59-52(39-47)50-22-9-12-28-58(50)64-59)55-26-14-27-56-60(55)51-23-8-11-25-54(51)62(56)44-18-5-2-6-19-44/h1,3-4,7-17,20-39,44H,2,5-6,18-19H2. The summed E-state index contributed by atoms with van der Waals surface area (Å²) in [6.07, 6.45) is 6.34. The van der Waals surface area contributed by atoms with E-state index in [2.05, 4.69) is 214 Å². The van der Waals surface area contributed by atoms with Crippen LogP contribution in [0.3, 0.4) is 0 Å². The summed E-state index contributed by atoms with van der Waals surface area (Å²) in [5.74, 6) is 0. The minimum absolute atomic E-state index is 0.497. The van der Waals surface area contributed by atoms with Crippen molar-refractivity contribution in [1.29, 1.82) is 0 Å². The molecular weight excluding hydrogens is 779 g/mol. The number of furan rings is 1. The molecule has 3 heterocycles. The molecular formula is C60H45N3O. The fourth-order valence-electron chi connectivity index (χ4n) is 10.9. The Kier molecular flexibility index (Phi) is 8.58. The normalized spacial score (nSPS) is 13.6. The maximum Gasteiger partial charge on any atom is 0.135 e. The van der Waals surface area contributed by atoms with Crippen LogP contribution in [-0.2, 0) is 0 Å². The van der Waals surface area contributed by atoms with Gasteiger partial charge in [0.2, 0.25) is 0 Å². The van der Waals surface area contributed by atoms with E-state index in [1.807, 2.05) is 6.07 Å². The van der Waals surface area contributed by atoms with E-state index in [4.69, 9.17) is 4.42 Å². The third kappa shape index (κ3) is 5.90. The zero-order valence-corrected chi connectivity index (χ0v) is 35.5. The van der Waals surface area contributed by atoms with Crippen molar-refractivity contribution in [2.45, 2.75) is 38.1 Å². The summed E-state index contributed by atoms with van der Waals surface area (Å²) < 4.78 is 11.4. The molecule has 64 heavy (non-hydrogen) atoms. The minimum Gasteiger partial charge on any atom is -0.456 e. The molecule has 1 saturated carbocycles. The first-order chi connectivity index (χ1) is 31.7. The van der Waals surface area contributed by atoms with E-state index in [9.17, 15) is 0 Å². The molecule has 306 valence electrons. The molecule has 3 aromatic heterocycles. The molecule has 9 aromatic carbocycles. The second-order valence-electron chi connectivity index (χ2n) is 17.5. The van der Waals surface area contributed by atoms with Crippen LogP contribution < -0.4 is 4.90 Å². The molecule has 4 nitrogen and oxygen atoms in total. The molecule has 0 aliphatic heterocycles. The maximum atomic E-state index is 6.35. The largest absolute Gasteiger partial charge is 0.456 e. The molecule has 1 fully saturated rings. The zero-order valence-electron chi connectivity index (χ0n) is 35.5. The summed E-state index contributed by atoms with van der Waals surface area (Å²) in [6, 6.07) is 76.0. The fraction of sp³-hybridized carbons (Fsp3) is 0.100. The molecule has 13 rings (SSSR count). The molecule has 1 aliphatic rings. The van der Waals surface area contributed by atoms with Gasteiger partial charge in [-0.2, -0.15) is 0 Å². The van der Waals surface area contributed by atoms with Gasteiger partial charge in [0.15, 0.2) is 0 Å². The van der Waals surface area contributed by atoms with E-state index in [1.54, 1.807) is 0 Å². The van der Waals surface area contributed by atoms with Gasteiger partial charge in [-0.15, -0.1) is 0 Å². The molecule has 0 unspecified atom stereocenters. The van der Waals surface area contributed by atoms with Crippen molar-refractivity contribution >= 4 is 82.6 Å². The highest BCUT2D eigenvalue weighted by Gasteiger charge is 2.25. The molecule has 0 N–H and O–H groups in total. The molecule has 0 bridgehead atoms. The van der Waals surface area contributed by atoms with Crippen LogP contribution in [0.2, 0.25) is 0 Å². The van der Waals surface area contributed by atoms with Gasteiger partial charge in [-0.05, 0) is 114 Å². The number of nitrogens with zero attached hydrogens (tertiary/aromatic N) is 3. The van der Waals surface area contributed by atoms with Crippen molar-refractivity contribution in [3.8, 4) is 27.9 Å². The van der Waals surface area contributed by atoms with E-state index in [0.717, 1.165) is 39.0 Å². The van der Waals surface area contributed by atoms with E-state index in [0.29, 0.717) is 6.04 Å². The molecule has 4 heteroatoms. The number of hydrogen-bond acceptors (Lipinski definition) is 2. The highest BCUT2D eigenvalue weighted by Crippen LogP contribution is 2.47. The van der Waals surface area contributed by atoms with Crippen molar-refractivity contribution in [2.24, 2.45) is 0 Å². The lowest BCUT2D eigenvalue weighted by molar-refractivity contribution is 0.367. The van der Waals surface area contributed by atoms with Gasteiger partial charge in [0, 0.05) is 60.9 Å². The van der Waals surface area contributed by atoms with Crippen molar-refractivity contribution < 1.29 is 4.42 Å². The first kappa shape index (κ1) is 36.8. The lowest BCUT2D eigenvalue weighted by atomic mass is 9.95. The third-order valence-electron chi connectivity index (χ3n) is 13.9. The summed E-state index contributed by atoms with van der Waals surface area (Å²) in [4.78, 5) is 2.46. The smallest absolute Gasteiger partial charge is 0.135 e. The number of benzene rings is 9. The Morgan fingerprint density at radius 1 is 0.391 bits per heavy atom. The molecule has 1 aliphatic carbocycles. The molecule has 0 spiro atoms. The number of hydrogen-bond donors (Lipinski definition) is 0. The Balaban J connectivity index is 0.975. The summed E-state index contributed by atoms with van der Waals surface area (Å²) in [7, 11) is 0. The molecule has 0 atom stereocenters. The first-order valence-electron chi connectivity index (χ1n) is 22.8. The Morgan fingerprint density at radius 3 is 1.88 bits per heavy atom. The highest BCUT2D eigenvalue weighted by molar-refractivity contribution is 6.16. The van der Waals surface area contributed by atoms with E-state index in [-0.39, 0.29) is 0 Å². The van der Waals surface area contributed by atoms with Crippen LogP contribution in [0.4, 0.5) is 17.1 Å². The van der Waals surface area contributed by atoms with Crippen LogP contribution in [0, 0.1) is 0 Å². The molecule has 0 saturated heterocycles. The molecule has 12 aromatic rings. The predicted octanol–water partition coefficient (Wildman–Crippen LogP) is 17.1. The van der Waals surface area contributed by atoms with Crippen molar-refractivity contribution in [3.63, 3.8) is 0 Å². The maximum absolute atomic E-state index is 6.35. The lowest BCUT2D eigenvalue weighted by Crippen LogP contribution is -2.13. The Hall–Kier alpha value is -7.82. The number of para-hydroxylation sites is 3. The minimum atomic E-state index is 0.497. The summed E-state index contributed by atoms with van der Waals surface area (Å²) in [5.41, 5.74) is 16.1. The second kappa shape index (κ2) is 14.9. The Labute approximate surface area is 371 Å². The third-order valence-corrected chi connectivity index (χ3v) is 13.9.